The molecule has 2 N–H and O–H groups in total. The van der Waals surface area contributed by atoms with E-state index in [1.807, 2.05) is 7.05 Å². The summed E-state index contributed by atoms with van der Waals surface area (Å²) >= 11 is 11.8. The number of halogens is 3. The van der Waals surface area contributed by atoms with Crippen molar-refractivity contribution >= 4 is 41.5 Å². The Morgan fingerprint density at radius 2 is 1.81 bits per heavy atom. The van der Waals surface area contributed by atoms with Crippen LogP contribution < -0.4 is 10.6 Å². The molecule has 0 aliphatic heterocycles. The second-order valence-corrected chi connectivity index (χ2v) is 3.77. The zero-order chi connectivity index (χ0) is 11.3. The van der Waals surface area contributed by atoms with Crippen molar-refractivity contribution in [2.45, 2.75) is 0 Å². The first-order chi connectivity index (χ1) is 7.16. The molecule has 0 atom stereocenters. The molecule has 16 heavy (non-hydrogen) atoms. The van der Waals surface area contributed by atoms with Crippen LogP contribution in [-0.2, 0) is 0 Å². The third-order valence-electron chi connectivity index (χ3n) is 1.85. The maximum Gasteiger partial charge on any atom is 0.254 e. The van der Waals surface area contributed by atoms with Gasteiger partial charge in [-0.05, 0) is 19.2 Å². The van der Waals surface area contributed by atoms with Gasteiger partial charge in [-0.3, -0.25) is 4.79 Å². The standard InChI is InChI=1S/C10H12Cl2N2O.ClH/c1-13-5-6-14-10(15)9-7(11)3-2-4-8(9)12;/h2-4,13H,5-6H2,1H3,(H,14,15);1H. The van der Waals surface area contributed by atoms with Crippen LogP contribution in [0, 0.1) is 0 Å². The van der Waals surface area contributed by atoms with Gasteiger partial charge in [0.1, 0.15) is 0 Å². The SMILES string of the molecule is CNCCNC(=O)c1c(Cl)cccc1Cl.Cl. The molecule has 0 aliphatic rings. The highest BCUT2D eigenvalue weighted by Crippen LogP contribution is 2.23. The topological polar surface area (TPSA) is 41.1 Å². The normalized spacial score (nSPS) is 9.44. The lowest BCUT2D eigenvalue weighted by molar-refractivity contribution is 0.0954. The Morgan fingerprint density at radius 1 is 1.25 bits per heavy atom. The van der Waals surface area contributed by atoms with Crippen molar-refractivity contribution in [3.8, 4) is 0 Å². The maximum atomic E-state index is 11.7. The molecule has 0 heterocycles. The summed E-state index contributed by atoms with van der Waals surface area (Å²) in [6.45, 7) is 1.24. The van der Waals surface area contributed by atoms with E-state index >= 15 is 0 Å². The second-order valence-electron chi connectivity index (χ2n) is 2.96. The van der Waals surface area contributed by atoms with Crippen LogP contribution in [-0.4, -0.2) is 26.0 Å². The Hall–Kier alpha value is -0.480. The molecule has 90 valence electrons. The highest BCUT2D eigenvalue weighted by atomic mass is 35.5. The molecule has 0 fully saturated rings. The van der Waals surface area contributed by atoms with Crippen molar-refractivity contribution in [2.24, 2.45) is 0 Å². The molecule has 6 heteroatoms. The van der Waals surface area contributed by atoms with E-state index in [1.165, 1.54) is 0 Å². The smallest absolute Gasteiger partial charge is 0.254 e. The summed E-state index contributed by atoms with van der Waals surface area (Å²) in [7, 11) is 1.81. The predicted octanol–water partition coefficient (Wildman–Crippen LogP) is 2.36. The molecule has 1 rings (SSSR count). The van der Waals surface area contributed by atoms with E-state index in [4.69, 9.17) is 23.2 Å². The number of hydrogen-bond acceptors (Lipinski definition) is 2. The highest BCUT2D eigenvalue weighted by Gasteiger charge is 2.13. The summed E-state index contributed by atoms with van der Waals surface area (Å²) in [6, 6.07) is 4.98. The van der Waals surface area contributed by atoms with Gasteiger partial charge in [0.2, 0.25) is 0 Å². The second kappa shape index (κ2) is 7.74. The van der Waals surface area contributed by atoms with Crippen molar-refractivity contribution < 1.29 is 4.79 Å². The maximum absolute atomic E-state index is 11.7. The van der Waals surface area contributed by atoms with Crippen LogP contribution in [0.1, 0.15) is 10.4 Å². The average Bonchev–Trinajstić information content (AvgIpc) is 2.18. The number of benzene rings is 1. The summed E-state index contributed by atoms with van der Waals surface area (Å²) < 4.78 is 0. The molecule has 0 saturated heterocycles. The van der Waals surface area contributed by atoms with Gasteiger partial charge in [-0.1, -0.05) is 29.3 Å². The van der Waals surface area contributed by atoms with Gasteiger partial charge in [-0.2, -0.15) is 0 Å². The van der Waals surface area contributed by atoms with Crippen molar-refractivity contribution in [1.82, 2.24) is 10.6 Å². The van der Waals surface area contributed by atoms with E-state index in [-0.39, 0.29) is 18.3 Å². The molecule has 0 unspecified atom stereocenters. The van der Waals surface area contributed by atoms with Crippen molar-refractivity contribution in [1.29, 1.82) is 0 Å². The summed E-state index contributed by atoms with van der Waals surface area (Å²) in [5.41, 5.74) is 0.330. The minimum Gasteiger partial charge on any atom is -0.351 e. The molecule has 1 aromatic carbocycles. The van der Waals surface area contributed by atoms with E-state index in [9.17, 15) is 4.79 Å². The fourth-order valence-electron chi connectivity index (χ4n) is 1.10. The first kappa shape index (κ1) is 15.5. The summed E-state index contributed by atoms with van der Waals surface area (Å²) in [6.07, 6.45) is 0. The number of likely N-dealkylation sites (N-methyl/N-ethyl adjacent to an activating group) is 1. The van der Waals surface area contributed by atoms with Gasteiger partial charge in [0.05, 0.1) is 15.6 Å². The van der Waals surface area contributed by atoms with Gasteiger partial charge in [-0.25, -0.2) is 0 Å². The zero-order valence-electron chi connectivity index (χ0n) is 8.72. The van der Waals surface area contributed by atoms with Gasteiger partial charge in [0.25, 0.3) is 5.91 Å². The van der Waals surface area contributed by atoms with Gasteiger partial charge < -0.3 is 10.6 Å². The molecular weight excluding hydrogens is 270 g/mol. The lowest BCUT2D eigenvalue weighted by Gasteiger charge is -2.07. The summed E-state index contributed by atoms with van der Waals surface area (Å²) in [5.74, 6) is -0.249. The third kappa shape index (κ3) is 4.18. The van der Waals surface area contributed by atoms with Gasteiger partial charge in [-0.15, -0.1) is 12.4 Å². The molecule has 0 aliphatic carbocycles. The minimum absolute atomic E-state index is 0. The molecule has 0 saturated carbocycles. The first-order valence-corrected chi connectivity index (χ1v) is 5.29. The predicted molar refractivity (Wildman–Crippen MR) is 70.0 cm³/mol. The Balaban J connectivity index is 0.00000225. The molecule has 0 spiro atoms. The Labute approximate surface area is 111 Å². The molecule has 0 radical (unpaired) electrons. The molecule has 0 bridgehead atoms. The van der Waals surface area contributed by atoms with Crippen LogP contribution >= 0.6 is 35.6 Å². The van der Waals surface area contributed by atoms with E-state index in [0.29, 0.717) is 28.7 Å². The zero-order valence-corrected chi connectivity index (χ0v) is 11.0. The number of nitrogens with one attached hydrogen (secondary N) is 2. The molecule has 1 aromatic rings. The number of carbonyl (C=O) groups excluding carboxylic acids is 1. The van der Waals surface area contributed by atoms with E-state index in [1.54, 1.807) is 18.2 Å². The van der Waals surface area contributed by atoms with Crippen LogP contribution in [0.2, 0.25) is 10.0 Å². The largest absolute Gasteiger partial charge is 0.351 e. The van der Waals surface area contributed by atoms with E-state index < -0.39 is 0 Å². The summed E-state index contributed by atoms with van der Waals surface area (Å²) in [4.78, 5) is 11.7. The molecular formula is C10H13Cl3N2O. The van der Waals surface area contributed by atoms with Crippen LogP contribution in [0.5, 0.6) is 0 Å². The van der Waals surface area contributed by atoms with Gasteiger partial charge >= 0.3 is 0 Å². The van der Waals surface area contributed by atoms with E-state index in [2.05, 4.69) is 10.6 Å². The van der Waals surface area contributed by atoms with Gasteiger partial charge in [0, 0.05) is 13.1 Å². The van der Waals surface area contributed by atoms with Crippen molar-refractivity contribution in [2.75, 3.05) is 20.1 Å². The number of hydrogen-bond donors (Lipinski definition) is 2. The van der Waals surface area contributed by atoms with Gasteiger partial charge in [0.15, 0.2) is 0 Å². The highest BCUT2D eigenvalue weighted by molar-refractivity contribution is 6.39. The van der Waals surface area contributed by atoms with Crippen LogP contribution in [0.25, 0.3) is 0 Å². The number of amides is 1. The van der Waals surface area contributed by atoms with Crippen molar-refractivity contribution in [3.63, 3.8) is 0 Å². The monoisotopic (exact) mass is 282 g/mol. The fourth-order valence-corrected chi connectivity index (χ4v) is 1.67. The average molecular weight is 284 g/mol. The Bertz CT molecular complexity index is 338. The quantitative estimate of drug-likeness (QED) is 0.833. The molecule has 3 nitrogen and oxygen atoms in total. The van der Waals surface area contributed by atoms with E-state index in [0.717, 1.165) is 0 Å². The Morgan fingerprint density at radius 3 is 2.31 bits per heavy atom. The fraction of sp³-hybridized carbons (Fsp3) is 0.300. The van der Waals surface area contributed by atoms with Crippen LogP contribution in [0.15, 0.2) is 18.2 Å². The molecule has 0 aromatic heterocycles. The lowest BCUT2D eigenvalue weighted by atomic mass is 10.2. The third-order valence-corrected chi connectivity index (χ3v) is 2.48. The van der Waals surface area contributed by atoms with Crippen LogP contribution in [0.4, 0.5) is 0 Å². The van der Waals surface area contributed by atoms with Crippen molar-refractivity contribution in [3.05, 3.63) is 33.8 Å². The Kier molecular flexibility index (Phi) is 7.51. The summed E-state index contributed by atoms with van der Waals surface area (Å²) in [5, 5.41) is 6.36. The lowest BCUT2D eigenvalue weighted by Crippen LogP contribution is -2.30. The molecule has 1 amide bonds. The number of carbonyl (C=O) groups is 1. The number of rotatable bonds is 4. The first-order valence-electron chi connectivity index (χ1n) is 4.53. The van der Waals surface area contributed by atoms with Crippen LogP contribution in [0.3, 0.4) is 0 Å². The minimum atomic E-state index is -0.249.